The van der Waals surface area contributed by atoms with Crippen LogP contribution in [0.15, 0.2) is 24.0 Å². The van der Waals surface area contributed by atoms with Crippen molar-refractivity contribution in [1.29, 1.82) is 0 Å². The van der Waals surface area contributed by atoms with Gasteiger partial charge in [-0.15, -0.1) is 0 Å². The highest BCUT2D eigenvalue weighted by Gasteiger charge is 2.37. The minimum atomic E-state index is 0.495. The second kappa shape index (κ2) is 3.97. The van der Waals surface area contributed by atoms with Crippen molar-refractivity contribution in [3.63, 3.8) is 0 Å². The van der Waals surface area contributed by atoms with E-state index >= 15 is 0 Å². The van der Waals surface area contributed by atoms with Crippen molar-refractivity contribution < 1.29 is 4.74 Å². The predicted molar refractivity (Wildman–Crippen MR) is 55.5 cm³/mol. The van der Waals surface area contributed by atoms with Crippen LogP contribution in [0.4, 0.5) is 0 Å². The zero-order chi connectivity index (χ0) is 10.0. The molecule has 1 fully saturated rings. The fourth-order valence-corrected chi connectivity index (χ4v) is 1.99. The topological polar surface area (TPSA) is 12.5 Å². The van der Waals surface area contributed by atoms with Crippen LogP contribution in [-0.2, 0) is 4.74 Å². The van der Waals surface area contributed by atoms with Gasteiger partial charge in [-0.3, -0.25) is 0 Å². The Morgan fingerprint density at radius 2 is 2.23 bits per heavy atom. The molecule has 0 N–H and O–H groups in total. The summed E-state index contributed by atoms with van der Waals surface area (Å²) in [6, 6.07) is 0.610. The van der Waals surface area contributed by atoms with Crippen LogP contribution in [0, 0.1) is 5.92 Å². The molecule has 0 aromatic heterocycles. The zero-order valence-electron chi connectivity index (χ0n) is 9.00. The summed E-state index contributed by atoms with van der Waals surface area (Å²) in [6.07, 6.45) is 2.94. The number of hydrogen-bond acceptors (Lipinski definition) is 2. The van der Waals surface area contributed by atoms with Crippen LogP contribution in [0.25, 0.3) is 0 Å². The quantitative estimate of drug-likeness (QED) is 0.488. The summed E-state index contributed by atoms with van der Waals surface area (Å²) in [6.45, 7) is 6.16. The normalized spacial score (nSPS) is 29.0. The third-order valence-electron chi connectivity index (χ3n) is 2.75. The smallest absolute Gasteiger partial charge is 0.0820 e. The molecule has 2 unspecified atom stereocenters. The van der Waals surface area contributed by atoms with Gasteiger partial charge in [-0.25, -0.2) is 0 Å². The largest absolute Gasteiger partial charge is 0.504 e. The van der Waals surface area contributed by atoms with E-state index in [4.69, 9.17) is 4.74 Å². The molecule has 2 atom stereocenters. The van der Waals surface area contributed by atoms with Gasteiger partial charge in [-0.05, 0) is 33.0 Å². The molecule has 0 radical (unpaired) electrons. The molecular weight excluding hydrogens is 162 g/mol. The van der Waals surface area contributed by atoms with Crippen molar-refractivity contribution in [3.8, 4) is 0 Å². The summed E-state index contributed by atoms with van der Waals surface area (Å²) in [4.78, 5) is 2.26. The van der Waals surface area contributed by atoms with Crippen LogP contribution < -0.4 is 0 Å². The second-order valence-corrected chi connectivity index (χ2v) is 3.97. The molecule has 0 spiro atoms. The summed E-state index contributed by atoms with van der Waals surface area (Å²) >= 11 is 0. The lowest BCUT2D eigenvalue weighted by Gasteiger charge is -2.43. The predicted octanol–water partition coefficient (Wildman–Crippen LogP) is 2.04. The Morgan fingerprint density at radius 3 is 2.62 bits per heavy atom. The molecule has 0 bridgehead atoms. The Bertz CT molecular complexity index is 230. The average molecular weight is 181 g/mol. The number of ether oxygens (including phenoxy) is 1. The number of methoxy groups -OCH3 is 1. The van der Waals surface area contributed by atoms with E-state index in [0.717, 1.165) is 6.42 Å². The van der Waals surface area contributed by atoms with Crippen LogP contribution in [0.1, 0.15) is 13.3 Å². The molecule has 0 aromatic carbocycles. The summed E-state index contributed by atoms with van der Waals surface area (Å²) in [5.74, 6) is 0.495. The molecule has 2 heteroatoms. The summed E-state index contributed by atoms with van der Waals surface area (Å²) in [7, 11) is 5.92. The summed E-state index contributed by atoms with van der Waals surface area (Å²) < 4.78 is 5.02. The van der Waals surface area contributed by atoms with Crippen LogP contribution in [0.2, 0.25) is 0 Å². The van der Waals surface area contributed by atoms with Crippen molar-refractivity contribution in [2.24, 2.45) is 5.92 Å². The van der Waals surface area contributed by atoms with Crippen molar-refractivity contribution in [1.82, 2.24) is 4.90 Å². The van der Waals surface area contributed by atoms with Gasteiger partial charge in [-0.2, -0.15) is 0 Å². The van der Waals surface area contributed by atoms with Gasteiger partial charge in [0.25, 0.3) is 0 Å². The van der Waals surface area contributed by atoms with E-state index < -0.39 is 0 Å². The van der Waals surface area contributed by atoms with Gasteiger partial charge in [0, 0.05) is 12.0 Å². The first-order chi connectivity index (χ1) is 6.07. The number of hydrogen-bond donors (Lipinski definition) is 0. The van der Waals surface area contributed by atoms with E-state index in [-0.39, 0.29) is 0 Å². The van der Waals surface area contributed by atoms with Gasteiger partial charge in [0.15, 0.2) is 0 Å². The molecule has 74 valence electrons. The molecular formula is C11H19NO. The van der Waals surface area contributed by atoms with E-state index in [9.17, 15) is 0 Å². The SMILES string of the molecule is C=C1CC(N(C)C)C1C(C)=COC. The zero-order valence-corrected chi connectivity index (χ0v) is 9.00. The van der Waals surface area contributed by atoms with Crippen LogP contribution in [-0.4, -0.2) is 32.1 Å². The van der Waals surface area contributed by atoms with Gasteiger partial charge in [-0.1, -0.05) is 12.2 Å². The standard InChI is InChI=1S/C11H19NO/c1-8-6-10(12(3)4)11(8)9(2)7-13-5/h7,10-11H,1,6H2,2-5H3. The first-order valence-electron chi connectivity index (χ1n) is 4.61. The maximum atomic E-state index is 5.02. The Labute approximate surface area is 80.9 Å². The third-order valence-corrected chi connectivity index (χ3v) is 2.75. The van der Waals surface area contributed by atoms with E-state index in [1.807, 2.05) is 6.26 Å². The Morgan fingerprint density at radius 1 is 1.62 bits per heavy atom. The maximum Gasteiger partial charge on any atom is 0.0820 e. The van der Waals surface area contributed by atoms with E-state index in [1.165, 1.54) is 11.1 Å². The van der Waals surface area contributed by atoms with E-state index in [0.29, 0.717) is 12.0 Å². The lowest BCUT2D eigenvalue weighted by atomic mass is 9.71. The molecule has 1 aliphatic rings. The average Bonchev–Trinajstić information content (AvgIpc) is 1.99. The molecule has 0 amide bonds. The molecule has 1 saturated carbocycles. The Hall–Kier alpha value is -0.760. The summed E-state index contributed by atoms with van der Waals surface area (Å²) in [5, 5.41) is 0. The molecule has 1 rings (SSSR count). The molecule has 2 nitrogen and oxygen atoms in total. The van der Waals surface area contributed by atoms with Crippen molar-refractivity contribution in [3.05, 3.63) is 24.0 Å². The van der Waals surface area contributed by atoms with Gasteiger partial charge in [0.2, 0.25) is 0 Å². The fraction of sp³-hybridized carbons (Fsp3) is 0.636. The highest BCUT2D eigenvalue weighted by Crippen LogP contribution is 2.40. The maximum absolute atomic E-state index is 5.02. The summed E-state index contributed by atoms with van der Waals surface area (Å²) in [5.41, 5.74) is 2.60. The van der Waals surface area contributed by atoms with Crippen LogP contribution in [0.3, 0.4) is 0 Å². The molecule has 1 aliphatic carbocycles. The van der Waals surface area contributed by atoms with Crippen molar-refractivity contribution in [2.45, 2.75) is 19.4 Å². The monoisotopic (exact) mass is 181 g/mol. The van der Waals surface area contributed by atoms with Gasteiger partial charge >= 0.3 is 0 Å². The Balaban J connectivity index is 2.67. The molecule has 0 aliphatic heterocycles. The highest BCUT2D eigenvalue weighted by molar-refractivity contribution is 5.29. The minimum Gasteiger partial charge on any atom is -0.504 e. The second-order valence-electron chi connectivity index (χ2n) is 3.97. The van der Waals surface area contributed by atoms with E-state index in [1.54, 1.807) is 7.11 Å². The van der Waals surface area contributed by atoms with Gasteiger partial charge in [0.05, 0.1) is 13.4 Å². The van der Waals surface area contributed by atoms with E-state index in [2.05, 4.69) is 32.5 Å². The highest BCUT2D eigenvalue weighted by atomic mass is 16.5. The number of nitrogens with zero attached hydrogens (tertiary/aromatic N) is 1. The first kappa shape index (κ1) is 10.3. The first-order valence-corrected chi connectivity index (χ1v) is 4.61. The number of rotatable bonds is 3. The van der Waals surface area contributed by atoms with Gasteiger partial charge in [0.1, 0.15) is 0 Å². The lowest BCUT2D eigenvalue weighted by molar-refractivity contribution is 0.187. The molecule has 0 heterocycles. The van der Waals surface area contributed by atoms with Crippen molar-refractivity contribution in [2.75, 3.05) is 21.2 Å². The fourth-order valence-electron chi connectivity index (χ4n) is 1.99. The third kappa shape index (κ3) is 1.94. The lowest BCUT2D eigenvalue weighted by Crippen LogP contribution is -2.45. The Kier molecular flexibility index (Phi) is 3.15. The molecule has 0 saturated heterocycles. The van der Waals surface area contributed by atoms with Crippen molar-refractivity contribution >= 4 is 0 Å². The minimum absolute atomic E-state index is 0.495. The van der Waals surface area contributed by atoms with Crippen LogP contribution in [0.5, 0.6) is 0 Å². The molecule has 13 heavy (non-hydrogen) atoms. The van der Waals surface area contributed by atoms with Gasteiger partial charge < -0.3 is 9.64 Å². The molecule has 0 aromatic rings. The van der Waals surface area contributed by atoms with Crippen LogP contribution >= 0.6 is 0 Å².